The van der Waals surface area contributed by atoms with Crippen LogP contribution in [0.25, 0.3) is 0 Å². The topological polar surface area (TPSA) is 71.1 Å². The van der Waals surface area contributed by atoms with Crippen LogP contribution < -0.4 is 10.0 Å². The van der Waals surface area contributed by atoms with Gasteiger partial charge in [-0.25, -0.2) is 8.42 Å². The third-order valence-electron chi connectivity index (χ3n) is 2.58. The minimum Gasteiger partial charge on any atom is -0.320 e. The molecule has 5 nitrogen and oxygen atoms in total. The molecule has 1 aromatic rings. The van der Waals surface area contributed by atoms with Crippen molar-refractivity contribution in [2.45, 2.75) is 26.7 Å². The van der Waals surface area contributed by atoms with E-state index < -0.39 is 10.0 Å². The highest BCUT2D eigenvalue weighted by atomic mass is 32.2. The lowest BCUT2D eigenvalue weighted by Gasteiger charge is -2.10. The molecular weight excluding hydrogens is 250 g/mol. The Balaban J connectivity index is 2.59. The van der Waals surface area contributed by atoms with Crippen molar-refractivity contribution in [3.63, 3.8) is 0 Å². The van der Waals surface area contributed by atoms with Crippen LogP contribution in [0.15, 0.2) is 12.1 Å². The molecule has 6 heteroatoms. The van der Waals surface area contributed by atoms with Gasteiger partial charge < -0.3 is 5.32 Å². The number of sulfonamides is 1. The second-order valence-electron chi connectivity index (χ2n) is 4.32. The molecule has 0 aliphatic heterocycles. The van der Waals surface area contributed by atoms with Gasteiger partial charge in [-0.15, -0.1) is 0 Å². The van der Waals surface area contributed by atoms with Gasteiger partial charge in [0.25, 0.3) is 0 Å². The van der Waals surface area contributed by atoms with Gasteiger partial charge in [0.05, 0.1) is 17.1 Å². The second-order valence-corrected chi connectivity index (χ2v) is 6.16. The Labute approximate surface area is 109 Å². The monoisotopic (exact) mass is 271 g/mol. The molecule has 102 valence electrons. The van der Waals surface area contributed by atoms with Gasteiger partial charge in [-0.1, -0.05) is 0 Å². The molecule has 0 aromatic carbocycles. The quantitative estimate of drug-likeness (QED) is 0.736. The highest BCUT2D eigenvalue weighted by molar-refractivity contribution is 7.92. The molecule has 0 amide bonds. The van der Waals surface area contributed by atoms with Crippen molar-refractivity contribution in [1.82, 2.24) is 10.3 Å². The molecule has 0 saturated heterocycles. The first-order valence-electron chi connectivity index (χ1n) is 6.04. The highest BCUT2D eigenvalue weighted by Gasteiger charge is 2.11. The third kappa shape index (κ3) is 5.01. The van der Waals surface area contributed by atoms with E-state index in [4.69, 9.17) is 0 Å². The predicted molar refractivity (Wildman–Crippen MR) is 74.3 cm³/mol. The van der Waals surface area contributed by atoms with Crippen molar-refractivity contribution in [3.8, 4) is 0 Å². The first kappa shape index (κ1) is 14.9. The molecule has 0 aliphatic carbocycles. The summed E-state index contributed by atoms with van der Waals surface area (Å²) in [6, 6.07) is 3.55. The molecule has 1 rings (SSSR count). The molecule has 0 unspecified atom stereocenters. The Morgan fingerprint density at radius 3 is 2.56 bits per heavy atom. The summed E-state index contributed by atoms with van der Waals surface area (Å²) in [6.45, 7) is 4.51. The fourth-order valence-electron chi connectivity index (χ4n) is 1.61. The molecular formula is C12H21N3O2S. The molecule has 2 N–H and O–H groups in total. The van der Waals surface area contributed by atoms with Gasteiger partial charge in [-0.3, -0.25) is 9.71 Å². The number of aryl methyl sites for hydroxylation is 2. The maximum Gasteiger partial charge on any atom is 0.232 e. The van der Waals surface area contributed by atoms with Crippen LogP contribution in [0.1, 0.15) is 24.2 Å². The van der Waals surface area contributed by atoms with E-state index >= 15 is 0 Å². The summed E-state index contributed by atoms with van der Waals surface area (Å²) in [5.41, 5.74) is 2.15. The molecule has 0 spiro atoms. The van der Waals surface area contributed by atoms with Crippen molar-refractivity contribution in [2.24, 2.45) is 0 Å². The molecule has 1 aromatic heterocycles. The summed E-state index contributed by atoms with van der Waals surface area (Å²) in [6.07, 6.45) is 1.50. The Kier molecular flexibility index (Phi) is 5.55. The fraction of sp³-hybridized carbons (Fsp3) is 0.583. The van der Waals surface area contributed by atoms with Crippen molar-refractivity contribution in [1.29, 1.82) is 0 Å². The number of hydrogen-bond acceptors (Lipinski definition) is 4. The minimum atomic E-state index is -3.27. The van der Waals surface area contributed by atoms with Gasteiger partial charge in [0.15, 0.2) is 0 Å². The Bertz CT molecular complexity index is 486. The zero-order valence-electron chi connectivity index (χ0n) is 11.2. The maximum atomic E-state index is 11.8. The largest absolute Gasteiger partial charge is 0.320 e. The lowest BCUT2D eigenvalue weighted by Crippen LogP contribution is -2.19. The first-order valence-corrected chi connectivity index (χ1v) is 7.69. The normalized spacial score (nSPS) is 11.5. The smallest absolute Gasteiger partial charge is 0.232 e. The maximum absolute atomic E-state index is 11.8. The number of nitrogens with zero attached hydrogens (tertiary/aromatic N) is 1. The van der Waals surface area contributed by atoms with Crippen LogP contribution in [0.3, 0.4) is 0 Å². The molecule has 0 saturated carbocycles. The van der Waals surface area contributed by atoms with E-state index in [-0.39, 0.29) is 5.75 Å². The van der Waals surface area contributed by atoms with E-state index in [0.29, 0.717) is 17.8 Å². The van der Waals surface area contributed by atoms with Crippen molar-refractivity contribution in [3.05, 3.63) is 23.5 Å². The summed E-state index contributed by atoms with van der Waals surface area (Å²) in [4.78, 5) is 4.23. The number of unbranched alkanes of at least 4 members (excludes halogenated alkanes) is 1. The molecule has 0 fully saturated rings. The van der Waals surface area contributed by atoms with Crippen LogP contribution in [0.4, 0.5) is 5.69 Å². The van der Waals surface area contributed by atoms with Crippen molar-refractivity contribution < 1.29 is 8.42 Å². The molecule has 0 aliphatic rings. The zero-order chi connectivity index (χ0) is 13.6. The third-order valence-corrected chi connectivity index (χ3v) is 3.94. The lowest BCUT2D eigenvalue weighted by atomic mass is 10.3. The van der Waals surface area contributed by atoms with Crippen LogP contribution in [0.2, 0.25) is 0 Å². The van der Waals surface area contributed by atoms with Crippen molar-refractivity contribution >= 4 is 15.7 Å². The number of rotatable bonds is 7. The molecule has 18 heavy (non-hydrogen) atoms. The number of hydrogen-bond donors (Lipinski definition) is 2. The van der Waals surface area contributed by atoms with E-state index in [1.807, 2.05) is 14.0 Å². The van der Waals surface area contributed by atoms with Crippen LogP contribution in [-0.2, 0) is 10.0 Å². The van der Waals surface area contributed by atoms with Crippen LogP contribution in [0, 0.1) is 13.8 Å². The SMILES string of the molecule is CNCCCCS(=O)(=O)Nc1ccc(C)nc1C. The summed E-state index contributed by atoms with van der Waals surface area (Å²) in [7, 11) is -1.41. The summed E-state index contributed by atoms with van der Waals surface area (Å²) in [5, 5.41) is 2.99. The minimum absolute atomic E-state index is 0.141. The van der Waals surface area contributed by atoms with Crippen LogP contribution >= 0.6 is 0 Å². The van der Waals surface area contributed by atoms with Gasteiger partial charge in [-0.05, 0) is 52.4 Å². The van der Waals surface area contributed by atoms with Gasteiger partial charge in [0, 0.05) is 5.69 Å². The summed E-state index contributed by atoms with van der Waals surface area (Å²) < 4.78 is 26.3. The van der Waals surface area contributed by atoms with Crippen molar-refractivity contribution in [2.75, 3.05) is 24.1 Å². The van der Waals surface area contributed by atoms with Crippen LogP contribution in [0.5, 0.6) is 0 Å². The zero-order valence-corrected chi connectivity index (χ0v) is 12.0. The first-order chi connectivity index (χ1) is 8.44. The molecule has 0 radical (unpaired) electrons. The van der Waals surface area contributed by atoms with E-state index in [1.165, 1.54) is 0 Å². The highest BCUT2D eigenvalue weighted by Crippen LogP contribution is 2.14. The predicted octanol–water partition coefficient (Wildman–Crippen LogP) is 1.44. The van der Waals surface area contributed by atoms with E-state index in [9.17, 15) is 8.42 Å². The average molecular weight is 271 g/mol. The van der Waals surface area contributed by atoms with Gasteiger partial charge in [0.2, 0.25) is 10.0 Å². The van der Waals surface area contributed by atoms with E-state index in [0.717, 1.165) is 18.7 Å². The number of aromatic nitrogens is 1. The lowest BCUT2D eigenvalue weighted by molar-refractivity contribution is 0.595. The Morgan fingerprint density at radius 1 is 1.22 bits per heavy atom. The fourth-order valence-corrected chi connectivity index (χ4v) is 2.84. The molecule has 0 bridgehead atoms. The number of anilines is 1. The van der Waals surface area contributed by atoms with E-state index in [1.54, 1.807) is 19.1 Å². The summed E-state index contributed by atoms with van der Waals surface area (Å²) >= 11 is 0. The Hall–Kier alpha value is -1.14. The standard InChI is InChI=1S/C12H21N3O2S/c1-10-6-7-12(11(2)14-10)15-18(16,17)9-5-4-8-13-3/h6-7,13,15H,4-5,8-9H2,1-3H3. The summed E-state index contributed by atoms with van der Waals surface area (Å²) in [5.74, 6) is 0.141. The second kappa shape index (κ2) is 6.70. The van der Waals surface area contributed by atoms with Gasteiger partial charge >= 0.3 is 0 Å². The average Bonchev–Trinajstić information content (AvgIpc) is 2.28. The molecule has 1 heterocycles. The van der Waals surface area contributed by atoms with Gasteiger partial charge in [0.1, 0.15) is 0 Å². The number of pyridine rings is 1. The number of nitrogens with one attached hydrogen (secondary N) is 2. The Morgan fingerprint density at radius 2 is 1.94 bits per heavy atom. The molecule has 0 atom stereocenters. The van der Waals surface area contributed by atoms with Crippen LogP contribution in [-0.4, -0.2) is 32.7 Å². The van der Waals surface area contributed by atoms with Gasteiger partial charge in [-0.2, -0.15) is 0 Å². The van der Waals surface area contributed by atoms with E-state index in [2.05, 4.69) is 15.0 Å².